The first-order chi connectivity index (χ1) is 15.5. The molecule has 1 N–H and O–H groups in total. The van der Waals surface area contributed by atoms with E-state index < -0.39 is 51.1 Å². The van der Waals surface area contributed by atoms with Crippen LogP contribution in [0.3, 0.4) is 0 Å². The summed E-state index contributed by atoms with van der Waals surface area (Å²) in [5, 5.41) is 2.24. The summed E-state index contributed by atoms with van der Waals surface area (Å²) in [7, 11) is -1.41. The van der Waals surface area contributed by atoms with E-state index in [-0.39, 0.29) is 37.0 Å². The van der Waals surface area contributed by atoms with E-state index >= 15 is 0 Å². The summed E-state index contributed by atoms with van der Waals surface area (Å²) in [6.07, 6.45) is 0. The lowest BCUT2D eigenvalue weighted by atomic mass is 10.2. The fourth-order valence-electron chi connectivity index (χ4n) is 3.00. The number of sulfonamides is 1. The number of amides is 1. The topological polar surface area (TPSA) is 146 Å². The van der Waals surface area contributed by atoms with E-state index in [9.17, 15) is 32.0 Å². The molecule has 12 nitrogen and oxygen atoms in total. The Morgan fingerprint density at radius 3 is 2.45 bits per heavy atom. The maximum absolute atomic E-state index is 14.2. The van der Waals surface area contributed by atoms with Crippen molar-refractivity contribution in [1.29, 1.82) is 0 Å². The Labute approximate surface area is 187 Å². The maximum atomic E-state index is 14.2. The number of hydrogen-bond acceptors (Lipinski definition) is 8. The molecule has 1 aromatic carbocycles. The van der Waals surface area contributed by atoms with Gasteiger partial charge in [-0.2, -0.15) is 4.31 Å². The summed E-state index contributed by atoms with van der Waals surface area (Å²) in [6.45, 7) is -0.218. The molecule has 2 heterocycles. The monoisotopic (exact) mass is 484 g/mol. The Kier molecular flexibility index (Phi) is 7.09. The second kappa shape index (κ2) is 9.64. The highest BCUT2D eigenvalue weighted by atomic mass is 32.2. The molecule has 0 atom stereocenters. The van der Waals surface area contributed by atoms with Crippen LogP contribution in [0.5, 0.6) is 0 Å². The van der Waals surface area contributed by atoms with Gasteiger partial charge in [0.2, 0.25) is 10.0 Å². The van der Waals surface area contributed by atoms with Crippen molar-refractivity contribution in [3.05, 3.63) is 56.5 Å². The van der Waals surface area contributed by atoms with Crippen LogP contribution in [0, 0.1) is 5.82 Å². The zero-order chi connectivity index (χ0) is 24.3. The van der Waals surface area contributed by atoms with Gasteiger partial charge in [-0.3, -0.25) is 18.7 Å². The van der Waals surface area contributed by atoms with Crippen molar-refractivity contribution in [2.24, 2.45) is 14.1 Å². The molecule has 0 aliphatic carbocycles. The molecule has 1 aliphatic heterocycles. The number of carbonyl (C=O) groups is 2. The van der Waals surface area contributed by atoms with Crippen LogP contribution in [0.4, 0.5) is 10.2 Å². The molecule has 14 heteroatoms. The number of halogens is 1. The van der Waals surface area contributed by atoms with Gasteiger partial charge in [0.1, 0.15) is 11.6 Å². The van der Waals surface area contributed by atoms with Crippen molar-refractivity contribution < 1.29 is 31.9 Å². The first-order valence-electron chi connectivity index (χ1n) is 9.64. The third-order valence-corrected chi connectivity index (χ3v) is 6.79. The summed E-state index contributed by atoms with van der Waals surface area (Å²) in [5.74, 6) is -3.33. The molecule has 1 amide bonds. The number of nitrogens with zero attached hydrogens (tertiary/aromatic N) is 3. The highest BCUT2D eigenvalue weighted by Crippen LogP contribution is 2.21. The van der Waals surface area contributed by atoms with Crippen molar-refractivity contribution in [3.63, 3.8) is 0 Å². The molecular formula is C19H21FN4O8S. The van der Waals surface area contributed by atoms with Crippen molar-refractivity contribution in [3.8, 4) is 0 Å². The summed E-state index contributed by atoms with van der Waals surface area (Å²) in [4.78, 5) is 47.7. The molecule has 1 aliphatic rings. The molecule has 0 bridgehead atoms. The molecule has 33 heavy (non-hydrogen) atoms. The summed E-state index contributed by atoms with van der Waals surface area (Å²) in [5.41, 5.74) is -2.01. The first-order valence-corrected chi connectivity index (χ1v) is 11.1. The number of benzene rings is 1. The Morgan fingerprint density at radius 2 is 1.79 bits per heavy atom. The number of rotatable bonds is 6. The lowest BCUT2D eigenvalue weighted by Crippen LogP contribution is -2.40. The number of ether oxygens (including phenoxy) is 2. The molecular weight excluding hydrogens is 463 g/mol. The maximum Gasteiger partial charge on any atom is 0.341 e. The molecule has 0 radical (unpaired) electrons. The quantitative estimate of drug-likeness (QED) is 0.516. The van der Waals surface area contributed by atoms with Crippen LogP contribution in [0.25, 0.3) is 0 Å². The zero-order valence-electron chi connectivity index (χ0n) is 17.7. The minimum Gasteiger partial charge on any atom is -0.452 e. The smallest absolute Gasteiger partial charge is 0.341 e. The third-order valence-electron chi connectivity index (χ3n) is 4.89. The lowest BCUT2D eigenvalue weighted by Gasteiger charge is -2.26. The van der Waals surface area contributed by atoms with Crippen molar-refractivity contribution >= 4 is 27.7 Å². The summed E-state index contributed by atoms with van der Waals surface area (Å²) in [6, 6.07) is 3.69. The second-order valence-electron chi connectivity index (χ2n) is 7.05. The van der Waals surface area contributed by atoms with E-state index in [4.69, 9.17) is 9.47 Å². The third kappa shape index (κ3) is 5.18. The average Bonchev–Trinajstić information content (AvgIpc) is 2.80. The second-order valence-corrected chi connectivity index (χ2v) is 8.99. The van der Waals surface area contributed by atoms with Gasteiger partial charge in [0, 0.05) is 33.3 Å². The molecule has 0 saturated carbocycles. The van der Waals surface area contributed by atoms with Gasteiger partial charge >= 0.3 is 11.7 Å². The Balaban J connectivity index is 1.72. The number of esters is 1. The van der Waals surface area contributed by atoms with E-state index in [1.54, 1.807) is 0 Å². The van der Waals surface area contributed by atoms with Crippen LogP contribution in [-0.2, 0) is 38.4 Å². The van der Waals surface area contributed by atoms with E-state index in [2.05, 4.69) is 5.32 Å². The molecule has 1 aromatic heterocycles. The van der Waals surface area contributed by atoms with Gasteiger partial charge in [-0.25, -0.2) is 22.4 Å². The van der Waals surface area contributed by atoms with Crippen molar-refractivity contribution in [2.75, 3.05) is 38.2 Å². The van der Waals surface area contributed by atoms with Crippen LogP contribution in [0.2, 0.25) is 0 Å². The number of aromatic nitrogens is 2. The van der Waals surface area contributed by atoms with Crippen LogP contribution < -0.4 is 16.6 Å². The molecule has 1 saturated heterocycles. The fraction of sp³-hybridized carbons (Fsp3) is 0.368. The van der Waals surface area contributed by atoms with Gasteiger partial charge in [0.15, 0.2) is 6.61 Å². The van der Waals surface area contributed by atoms with E-state index in [0.29, 0.717) is 0 Å². The molecule has 1 fully saturated rings. The van der Waals surface area contributed by atoms with Gasteiger partial charge in [-0.15, -0.1) is 0 Å². The Morgan fingerprint density at radius 1 is 1.12 bits per heavy atom. The number of anilines is 1. The molecule has 0 unspecified atom stereocenters. The number of carbonyl (C=O) groups excluding carboxylic acids is 2. The fourth-order valence-corrected chi connectivity index (χ4v) is 4.43. The van der Waals surface area contributed by atoms with Gasteiger partial charge < -0.3 is 14.8 Å². The SMILES string of the molecule is Cn1c(NC(=O)COC(=O)c2cc(S(=O)(=O)N3CCOCC3)ccc2F)cc(=O)n(C)c1=O. The van der Waals surface area contributed by atoms with Gasteiger partial charge in [0.05, 0.1) is 23.7 Å². The average molecular weight is 484 g/mol. The summed E-state index contributed by atoms with van der Waals surface area (Å²) < 4.78 is 52.6. The standard InChI is InChI=1S/C19H21FN4O8S/c1-22-15(10-17(26)23(2)19(22)28)21-16(25)11-32-18(27)13-9-12(3-4-14(13)20)33(29,30)24-5-7-31-8-6-24/h3-4,9-10H,5-8,11H2,1-2H3,(H,21,25). The highest BCUT2D eigenvalue weighted by Gasteiger charge is 2.28. The van der Waals surface area contributed by atoms with Crippen LogP contribution in [0.1, 0.15) is 10.4 Å². The predicted octanol–water partition coefficient (Wildman–Crippen LogP) is -0.960. The van der Waals surface area contributed by atoms with E-state index in [0.717, 1.165) is 37.7 Å². The Bertz CT molecular complexity index is 1310. The minimum absolute atomic E-state index is 0.116. The Hall–Kier alpha value is -3.36. The molecule has 3 rings (SSSR count). The van der Waals surface area contributed by atoms with Crippen LogP contribution >= 0.6 is 0 Å². The minimum atomic E-state index is -3.99. The van der Waals surface area contributed by atoms with E-state index in [1.807, 2.05) is 0 Å². The van der Waals surface area contributed by atoms with Crippen LogP contribution in [-0.4, -0.2) is 66.6 Å². The molecule has 178 valence electrons. The number of morpholine rings is 1. The summed E-state index contributed by atoms with van der Waals surface area (Å²) >= 11 is 0. The first kappa shape index (κ1) is 24.3. The predicted molar refractivity (Wildman–Crippen MR) is 112 cm³/mol. The molecule has 2 aromatic rings. The molecule has 0 spiro atoms. The van der Waals surface area contributed by atoms with E-state index in [1.165, 1.54) is 14.1 Å². The largest absolute Gasteiger partial charge is 0.452 e. The van der Waals surface area contributed by atoms with Crippen molar-refractivity contribution in [1.82, 2.24) is 13.4 Å². The van der Waals surface area contributed by atoms with Gasteiger partial charge in [0.25, 0.3) is 11.5 Å². The highest BCUT2D eigenvalue weighted by molar-refractivity contribution is 7.89. The number of hydrogen-bond donors (Lipinski definition) is 1. The van der Waals surface area contributed by atoms with Gasteiger partial charge in [-0.05, 0) is 18.2 Å². The normalized spacial score (nSPS) is 14.6. The number of nitrogens with one attached hydrogen (secondary N) is 1. The zero-order valence-corrected chi connectivity index (χ0v) is 18.6. The van der Waals surface area contributed by atoms with Crippen LogP contribution in [0.15, 0.2) is 38.8 Å². The van der Waals surface area contributed by atoms with Gasteiger partial charge in [-0.1, -0.05) is 0 Å². The van der Waals surface area contributed by atoms with Crippen molar-refractivity contribution in [2.45, 2.75) is 4.90 Å². The lowest BCUT2D eigenvalue weighted by molar-refractivity contribution is -0.119.